The largest absolute Gasteiger partial charge is 0.496 e. The number of aromatic amines is 1. The van der Waals surface area contributed by atoms with Gasteiger partial charge in [-0.1, -0.05) is 6.07 Å². The maximum atomic E-state index is 13.5. The highest BCUT2D eigenvalue weighted by Crippen LogP contribution is 2.56. The molecule has 31 heavy (non-hydrogen) atoms. The first-order chi connectivity index (χ1) is 15.0. The molecular weight excluding hydrogens is 397 g/mol. The summed E-state index contributed by atoms with van der Waals surface area (Å²) in [6.07, 6.45) is 6.31. The number of hydrogen-bond donors (Lipinski definition) is 2. The van der Waals surface area contributed by atoms with Crippen molar-refractivity contribution in [2.24, 2.45) is 11.3 Å². The van der Waals surface area contributed by atoms with E-state index in [1.165, 1.54) is 19.2 Å². The highest BCUT2D eigenvalue weighted by atomic mass is 19.1. The Morgan fingerprint density at radius 1 is 1.35 bits per heavy atom. The van der Waals surface area contributed by atoms with Crippen molar-refractivity contribution in [2.75, 3.05) is 25.1 Å². The molecule has 5 rings (SSSR count). The first-order valence-corrected chi connectivity index (χ1v) is 10.7. The molecule has 2 unspecified atom stereocenters. The predicted molar refractivity (Wildman–Crippen MR) is 115 cm³/mol. The summed E-state index contributed by atoms with van der Waals surface area (Å²) in [6, 6.07) is 6.15. The van der Waals surface area contributed by atoms with Gasteiger partial charge in [0.2, 0.25) is 5.91 Å². The number of H-pyrrole nitrogens is 1. The summed E-state index contributed by atoms with van der Waals surface area (Å²) < 4.78 is 18.8. The Morgan fingerprint density at radius 3 is 2.97 bits per heavy atom. The fourth-order valence-corrected chi connectivity index (χ4v) is 4.96. The Bertz CT molecular complexity index is 1130. The Hall–Kier alpha value is -3.16. The van der Waals surface area contributed by atoms with E-state index in [2.05, 4.69) is 25.2 Å². The quantitative estimate of drug-likeness (QED) is 0.655. The number of rotatable bonds is 5. The van der Waals surface area contributed by atoms with E-state index in [0.29, 0.717) is 5.75 Å². The molecule has 0 radical (unpaired) electrons. The maximum Gasteiger partial charge on any atom is 0.224 e. The Kier molecular flexibility index (Phi) is 4.79. The van der Waals surface area contributed by atoms with Gasteiger partial charge in [0, 0.05) is 36.8 Å². The van der Waals surface area contributed by atoms with E-state index in [1.54, 1.807) is 12.4 Å². The minimum Gasteiger partial charge on any atom is -0.496 e. The number of halogens is 1. The highest BCUT2D eigenvalue weighted by molar-refractivity contribution is 5.88. The highest BCUT2D eigenvalue weighted by Gasteiger charge is 2.55. The molecule has 3 heterocycles. The van der Waals surface area contributed by atoms with E-state index < -0.39 is 0 Å². The summed E-state index contributed by atoms with van der Waals surface area (Å²) in [7, 11) is 1.51. The smallest absolute Gasteiger partial charge is 0.224 e. The van der Waals surface area contributed by atoms with Gasteiger partial charge in [-0.25, -0.2) is 14.4 Å². The minimum atomic E-state index is -0.357. The molecule has 7 nitrogen and oxygen atoms in total. The van der Waals surface area contributed by atoms with Crippen LogP contribution in [-0.2, 0) is 4.79 Å². The Balaban J connectivity index is 1.31. The first kappa shape index (κ1) is 19.8. The summed E-state index contributed by atoms with van der Waals surface area (Å²) in [5.41, 5.74) is 1.59. The number of piperidine rings is 1. The molecule has 1 aromatic carbocycles. The third kappa shape index (κ3) is 3.49. The molecule has 1 aliphatic heterocycles. The van der Waals surface area contributed by atoms with Gasteiger partial charge in [0.1, 0.15) is 29.4 Å². The summed E-state index contributed by atoms with van der Waals surface area (Å²) in [5, 5.41) is 4.16. The zero-order chi connectivity index (χ0) is 21.6. The van der Waals surface area contributed by atoms with Crippen LogP contribution in [0.5, 0.6) is 5.75 Å². The van der Waals surface area contributed by atoms with Gasteiger partial charge < -0.3 is 19.9 Å². The molecule has 1 spiro atoms. The molecule has 1 aliphatic carbocycles. The molecule has 8 heteroatoms. The topological polar surface area (TPSA) is 83.1 Å². The van der Waals surface area contributed by atoms with Gasteiger partial charge in [0.05, 0.1) is 18.5 Å². The molecule has 1 saturated carbocycles. The van der Waals surface area contributed by atoms with Gasteiger partial charge in [-0.3, -0.25) is 4.79 Å². The van der Waals surface area contributed by atoms with Crippen LogP contribution in [0, 0.1) is 17.2 Å². The average Bonchev–Trinajstić information content (AvgIpc) is 3.34. The first-order valence-electron chi connectivity index (χ1n) is 10.7. The van der Waals surface area contributed by atoms with Crippen LogP contribution in [0.15, 0.2) is 36.8 Å². The van der Waals surface area contributed by atoms with Crippen molar-refractivity contribution in [3.05, 3.63) is 48.2 Å². The molecular formula is C23H26FN5O2. The fourth-order valence-electron chi connectivity index (χ4n) is 4.96. The lowest BCUT2D eigenvalue weighted by Crippen LogP contribution is -2.48. The zero-order valence-corrected chi connectivity index (χ0v) is 17.7. The molecule has 3 aromatic rings. The SMILES string of the molecule is COc1cc(F)ccc1C(C)NC(=O)C1CCN(c2ncnc3[nH]ccc23)CC12CC2. The van der Waals surface area contributed by atoms with Crippen LogP contribution in [0.3, 0.4) is 0 Å². The number of methoxy groups -OCH3 is 1. The van der Waals surface area contributed by atoms with E-state index in [-0.39, 0.29) is 29.1 Å². The molecule has 2 atom stereocenters. The lowest BCUT2D eigenvalue weighted by Gasteiger charge is -2.39. The lowest BCUT2D eigenvalue weighted by atomic mass is 9.81. The molecule has 2 N–H and O–H groups in total. The fraction of sp³-hybridized carbons (Fsp3) is 0.435. The van der Waals surface area contributed by atoms with Crippen LogP contribution in [0.1, 0.15) is 37.8 Å². The van der Waals surface area contributed by atoms with E-state index in [0.717, 1.165) is 54.8 Å². The van der Waals surface area contributed by atoms with Crippen LogP contribution in [0.2, 0.25) is 0 Å². The number of aromatic nitrogens is 3. The molecule has 2 fully saturated rings. The third-order valence-corrected chi connectivity index (χ3v) is 6.79. The summed E-state index contributed by atoms with van der Waals surface area (Å²) in [4.78, 5) is 27.5. The second kappa shape index (κ2) is 7.51. The van der Waals surface area contributed by atoms with Crippen molar-refractivity contribution in [3.8, 4) is 5.75 Å². The zero-order valence-electron chi connectivity index (χ0n) is 17.7. The van der Waals surface area contributed by atoms with Gasteiger partial charge in [-0.2, -0.15) is 0 Å². The number of nitrogens with one attached hydrogen (secondary N) is 2. The maximum absolute atomic E-state index is 13.5. The van der Waals surface area contributed by atoms with Crippen molar-refractivity contribution in [1.82, 2.24) is 20.3 Å². The second-order valence-corrected chi connectivity index (χ2v) is 8.68. The van der Waals surface area contributed by atoms with Crippen molar-refractivity contribution in [2.45, 2.75) is 32.2 Å². The molecule has 1 amide bonds. The van der Waals surface area contributed by atoms with Gasteiger partial charge in [0.25, 0.3) is 0 Å². The van der Waals surface area contributed by atoms with Gasteiger partial charge >= 0.3 is 0 Å². The number of ether oxygens (including phenoxy) is 1. The summed E-state index contributed by atoms with van der Waals surface area (Å²) >= 11 is 0. The Labute approximate surface area is 180 Å². The van der Waals surface area contributed by atoms with Crippen LogP contribution in [0.25, 0.3) is 11.0 Å². The standard InChI is InChI=1S/C23H26FN5O2/c1-14(16-4-3-15(24)11-19(16)31-2)28-22(30)18-6-10-29(12-23(18)7-8-23)21-17-5-9-25-20(17)26-13-27-21/h3-5,9,11,13-14,18H,6-8,10,12H2,1-2H3,(H,28,30)(H,25,26,27). The summed E-state index contributed by atoms with van der Waals surface area (Å²) in [6.45, 7) is 3.49. The van der Waals surface area contributed by atoms with Crippen molar-refractivity contribution >= 4 is 22.8 Å². The van der Waals surface area contributed by atoms with Crippen LogP contribution in [0.4, 0.5) is 10.2 Å². The number of amides is 1. The predicted octanol–water partition coefficient (Wildman–Crippen LogP) is 3.59. The van der Waals surface area contributed by atoms with Crippen molar-refractivity contribution < 1.29 is 13.9 Å². The summed E-state index contributed by atoms with van der Waals surface area (Å²) in [5.74, 6) is 1.04. The average molecular weight is 423 g/mol. The molecule has 2 aliphatic rings. The number of anilines is 1. The number of carbonyl (C=O) groups is 1. The van der Waals surface area contributed by atoms with Gasteiger partial charge in [0.15, 0.2) is 0 Å². The normalized spacial score (nSPS) is 20.6. The van der Waals surface area contributed by atoms with E-state index in [1.807, 2.05) is 19.2 Å². The van der Waals surface area contributed by atoms with Gasteiger partial charge in [-0.05, 0) is 43.7 Å². The lowest BCUT2D eigenvalue weighted by molar-refractivity contribution is -0.128. The third-order valence-electron chi connectivity index (χ3n) is 6.79. The van der Waals surface area contributed by atoms with Crippen LogP contribution < -0.4 is 15.0 Å². The van der Waals surface area contributed by atoms with E-state index in [9.17, 15) is 9.18 Å². The van der Waals surface area contributed by atoms with Crippen molar-refractivity contribution in [1.29, 1.82) is 0 Å². The number of carbonyl (C=O) groups excluding carboxylic acids is 1. The molecule has 2 aromatic heterocycles. The molecule has 1 saturated heterocycles. The van der Waals surface area contributed by atoms with Crippen LogP contribution >= 0.6 is 0 Å². The monoisotopic (exact) mass is 423 g/mol. The minimum absolute atomic E-state index is 0.0114. The van der Waals surface area contributed by atoms with Crippen molar-refractivity contribution in [3.63, 3.8) is 0 Å². The number of nitrogens with zero attached hydrogens (tertiary/aromatic N) is 3. The Morgan fingerprint density at radius 2 is 2.19 bits per heavy atom. The van der Waals surface area contributed by atoms with Gasteiger partial charge in [-0.15, -0.1) is 0 Å². The number of fused-ring (bicyclic) bond motifs is 1. The van der Waals surface area contributed by atoms with E-state index in [4.69, 9.17) is 4.74 Å². The molecule has 162 valence electrons. The molecule has 0 bridgehead atoms. The van der Waals surface area contributed by atoms with E-state index >= 15 is 0 Å². The number of hydrogen-bond acceptors (Lipinski definition) is 5. The van der Waals surface area contributed by atoms with Crippen LogP contribution in [-0.4, -0.2) is 41.1 Å². The number of benzene rings is 1. The second-order valence-electron chi connectivity index (χ2n) is 8.68.